The zero-order chi connectivity index (χ0) is 12.8. The van der Waals surface area contributed by atoms with Crippen LogP contribution in [0.15, 0.2) is 12.1 Å². The molecule has 0 spiro atoms. The fourth-order valence-electron chi connectivity index (χ4n) is 1.52. The standard InChI is InChI=1S/C11H14N4O2/c1-3-4-8(2)13-11-6-5-10(15(16)17)9(7-12)14-11/h5-6,8H,3-4H2,1-2H3,(H,13,14). The van der Waals surface area contributed by atoms with Crippen LogP contribution in [0.5, 0.6) is 0 Å². The van der Waals surface area contributed by atoms with Gasteiger partial charge in [-0.05, 0) is 19.4 Å². The fraction of sp³-hybridized carbons (Fsp3) is 0.455. The molecule has 1 rings (SSSR count). The first-order chi connectivity index (χ1) is 8.08. The molecule has 0 aliphatic rings. The van der Waals surface area contributed by atoms with E-state index in [4.69, 9.17) is 5.26 Å². The molecule has 90 valence electrons. The van der Waals surface area contributed by atoms with Crippen LogP contribution in [0.1, 0.15) is 32.4 Å². The molecule has 1 aromatic rings. The summed E-state index contributed by atoms with van der Waals surface area (Å²) in [5, 5.41) is 22.5. The van der Waals surface area contributed by atoms with Gasteiger partial charge in [-0.15, -0.1) is 0 Å². The van der Waals surface area contributed by atoms with Gasteiger partial charge in [0.25, 0.3) is 0 Å². The molecule has 1 heterocycles. The summed E-state index contributed by atoms with van der Waals surface area (Å²) in [6, 6.07) is 4.77. The van der Waals surface area contributed by atoms with Gasteiger partial charge in [-0.3, -0.25) is 10.1 Å². The van der Waals surface area contributed by atoms with Crippen molar-refractivity contribution in [2.75, 3.05) is 5.32 Å². The summed E-state index contributed by atoms with van der Waals surface area (Å²) in [5.41, 5.74) is -0.426. The van der Waals surface area contributed by atoms with Gasteiger partial charge in [0.05, 0.1) is 4.92 Å². The number of nitrogens with zero attached hydrogens (tertiary/aromatic N) is 3. The number of hydrogen-bond donors (Lipinski definition) is 1. The Morgan fingerprint density at radius 3 is 2.88 bits per heavy atom. The van der Waals surface area contributed by atoms with Gasteiger partial charge in [-0.1, -0.05) is 13.3 Å². The summed E-state index contributed by atoms with van der Waals surface area (Å²) in [6.07, 6.45) is 2.01. The number of nitro groups is 1. The number of hydrogen-bond acceptors (Lipinski definition) is 5. The lowest BCUT2D eigenvalue weighted by Crippen LogP contribution is -2.15. The van der Waals surface area contributed by atoms with Crippen molar-refractivity contribution >= 4 is 11.5 Å². The first kappa shape index (κ1) is 12.9. The Labute approximate surface area is 99.4 Å². The Balaban J connectivity index is 2.91. The number of nitrogens with one attached hydrogen (secondary N) is 1. The molecule has 6 nitrogen and oxygen atoms in total. The van der Waals surface area contributed by atoms with Crippen LogP contribution in [0.3, 0.4) is 0 Å². The Hall–Kier alpha value is -2.16. The molecule has 0 bridgehead atoms. The van der Waals surface area contributed by atoms with Crippen LogP contribution in [0.2, 0.25) is 0 Å². The Morgan fingerprint density at radius 1 is 1.65 bits per heavy atom. The molecule has 0 amide bonds. The molecule has 0 saturated carbocycles. The maximum absolute atomic E-state index is 10.6. The average Bonchev–Trinajstić information content (AvgIpc) is 2.28. The largest absolute Gasteiger partial charge is 0.368 e. The summed E-state index contributed by atoms with van der Waals surface area (Å²) in [7, 11) is 0. The molecule has 0 aliphatic heterocycles. The van der Waals surface area contributed by atoms with Crippen LogP contribution in [0.25, 0.3) is 0 Å². The van der Waals surface area contributed by atoms with Gasteiger partial charge in [0.2, 0.25) is 5.69 Å². The van der Waals surface area contributed by atoms with Gasteiger partial charge in [-0.2, -0.15) is 5.26 Å². The quantitative estimate of drug-likeness (QED) is 0.624. The van der Waals surface area contributed by atoms with Crippen molar-refractivity contribution in [1.82, 2.24) is 4.98 Å². The molecule has 17 heavy (non-hydrogen) atoms. The summed E-state index contributed by atoms with van der Waals surface area (Å²) >= 11 is 0. The monoisotopic (exact) mass is 234 g/mol. The van der Waals surface area contributed by atoms with Crippen molar-refractivity contribution in [2.24, 2.45) is 0 Å². The highest BCUT2D eigenvalue weighted by molar-refractivity contribution is 5.50. The van der Waals surface area contributed by atoms with Gasteiger partial charge in [0.15, 0.2) is 0 Å². The predicted molar refractivity (Wildman–Crippen MR) is 63.6 cm³/mol. The smallest absolute Gasteiger partial charge is 0.305 e. The van der Waals surface area contributed by atoms with E-state index in [0.29, 0.717) is 5.82 Å². The summed E-state index contributed by atoms with van der Waals surface area (Å²) in [6.45, 7) is 4.07. The molecule has 6 heteroatoms. The number of nitriles is 1. The normalized spacial score (nSPS) is 11.6. The van der Waals surface area contributed by atoms with E-state index in [2.05, 4.69) is 17.2 Å². The van der Waals surface area contributed by atoms with Gasteiger partial charge in [-0.25, -0.2) is 4.98 Å². The second-order valence-electron chi connectivity index (χ2n) is 3.77. The maximum atomic E-state index is 10.6. The van der Waals surface area contributed by atoms with E-state index >= 15 is 0 Å². The number of anilines is 1. The van der Waals surface area contributed by atoms with Crippen LogP contribution in [-0.2, 0) is 0 Å². The number of pyridine rings is 1. The first-order valence-electron chi connectivity index (χ1n) is 5.40. The highest BCUT2D eigenvalue weighted by atomic mass is 16.6. The Kier molecular flexibility index (Phi) is 4.40. The van der Waals surface area contributed by atoms with Crippen LogP contribution in [-0.4, -0.2) is 15.9 Å². The van der Waals surface area contributed by atoms with E-state index in [0.717, 1.165) is 12.8 Å². The third-order valence-corrected chi connectivity index (χ3v) is 2.29. The van der Waals surface area contributed by atoms with Crippen molar-refractivity contribution in [2.45, 2.75) is 32.7 Å². The first-order valence-corrected chi connectivity index (χ1v) is 5.40. The average molecular weight is 234 g/mol. The highest BCUT2D eigenvalue weighted by Gasteiger charge is 2.15. The predicted octanol–water partition coefficient (Wildman–Crippen LogP) is 2.46. The third kappa shape index (κ3) is 3.41. The molecule has 0 aliphatic carbocycles. The maximum Gasteiger partial charge on any atom is 0.305 e. The second-order valence-corrected chi connectivity index (χ2v) is 3.77. The van der Waals surface area contributed by atoms with Crippen molar-refractivity contribution < 1.29 is 4.92 Å². The van der Waals surface area contributed by atoms with Gasteiger partial charge in [0, 0.05) is 12.1 Å². The zero-order valence-corrected chi connectivity index (χ0v) is 9.80. The van der Waals surface area contributed by atoms with Crippen LogP contribution < -0.4 is 5.32 Å². The van der Waals surface area contributed by atoms with Crippen molar-refractivity contribution in [3.05, 3.63) is 27.9 Å². The SMILES string of the molecule is CCCC(C)Nc1ccc([N+](=O)[O-])c(C#N)n1. The van der Waals surface area contributed by atoms with Crippen molar-refractivity contribution in [1.29, 1.82) is 5.26 Å². The fourth-order valence-corrected chi connectivity index (χ4v) is 1.52. The molecule has 1 N–H and O–H groups in total. The minimum Gasteiger partial charge on any atom is -0.368 e. The lowest BCUT2D eigenvalue weighted by molar-refractivity contribution is -0.385. The lowest BCUT2D eigenvalue weighted by Gasteiger charge is -2.13. The minimum atomic E-state index is -0.606. The summed E-state index contributed by atoms with van der Waals surface area (Å²) < 4.78 is 0. The van der Waals surface area contributed by atoms with E-state index in [1.807, 2.05) is 6.92 Å². The van der Waals surface area contributed by atoms with Gasteiger partial charge >= 0.3 is 5.69 Å². The Bertz CT molecular complexity index is 453. The number of aromatic nitrogens is 1. The highest BCUT2D eigenvalue weighted by Crippen LogP contribution is 2.18. The Morgan fingerprint density at radius 2 is 2.35 bits per heavy atom. The summed E-state index contributed by atoms with van der Waals surface area (Å²) in [4.78, 5) is 13.9. The second kappa shape index (κ2) is 5.80. The molecule has 1 atom stereocenters. The topological polar surface area (TPSA) is 91.9 Å². The van der Waals surface area contributed by atoms with Crippen LogP contribution >= 0.6 is 0 Å². The van der Waals surface area contributed by atoms with Gasteiger partial charge < -0.3 is 5.32 Å². The molecular weight excluding hydrogens is 220 g/mol. The minimum absolute atomic E-state index is 0.163. The lowest BCUT2D eigenvalue weighted by atomic mass is 10.2. The molecule has 1 unspecified atom stereocenters. The van der Waals surface area contributed by atoms with Crippen LogP contribution in [0.4, 0.5) is 11.5 Å². The zero-order valence-electron chi connectivity index (χ0n) is 9.80. The van der Waals surface area contributed by atoms with E-state index in [1.165, 1.54) is 12.1 Å². The van der Waals surface area contributed by atoms with E-state index in [1.54, 1.807) is 6.07 Å². The molecule has 0 saturated heterocycles. The third-order valence-electron chi connectivity index (χ3n) is 2.29. The van der Waals surface area contributed by atoms with E-state index in [-0.39, 0.29) is 17.4 Å². The molecule has 0 radical (unpaired) electrons. The summed E-state index contributed by atoms with van der Waals surface area (Å²) in [5.74, 6) is 0.494. The van der Waals surface area contributed by atoms with Crippen LogP contribution in [0, 0.1) is 21.4 Å². The molecule has 1 aromatic heterocycles. The van der Waals surface area contributed by atoms with E-state index in [9.17, 15) is 10.1 Å². The van der Waals surface area contributed by atoms with Crippen molar-refractivity contribution in [3.63, 3.8) is 0 Å². The molecular formula is C11H14N4O2. The molecule has 0 aromatic carbocycles. The molecule has 0 fully saturated rings. The number of rotatable bonds is 5. The van der Waals surface area contributed by atoms with E-state index < -0.39 is 4.92 Å². The van der Waals surface area contributed by atoms with Crippen molar-refractivity contribution in [3.8, 4) is 6.07 Å². The van der Waals surface area contributed by atoms with Gasteiger partial charge in [0.1, 0.15) is 11.9 Å².